The molecule has 7 nitrogen and oxygen atoms in total. The number of hydrogen-bond donors (Lipinski definition) is 1. The van der Waals surface area contributed by atoms with Crippen molar-refractivity contribution in [1.82, 2.24) is 14.5 Å². The molecule has 1 saturated heterocycles. The van der Waals surface area contributed by atoms with Crippen molar-refractivity contribution in [2.24, 2.45) is 20.0 Å². The van der Waals surface area contributed by atoms with E-state index in [9.17, 15) is 14.4 Å². The van der Waals surface area contributed by atoms with Crippen molar-refractivity contribution < 1.29 is 4.79 Å². The average Bonchev–Trinajstić information content (AvgIpc) is 2.73. The minimum Gasteiger partial charge on any atom is -0.357 e. The van der Waals surface area contributed by atoms with Crippen LogP contribution in [0.25, 0.3) is 0 Å². The normalized spacial score (nSPS) is 16.8. The van der Waals surface area contributed by atoms with Gasteiger partial charge in [-0.25, -0.2) is 4.79 Å². The highest BCUT2D eigenvalue weighted by Crippen LogP contribution is 2.22. The molecule has 1 aliphatic heterocycles. The van der Waals surface area contributed by atoms with Crippen LogP contribution >= 0.6 is 11.8 Å². The van der Waals surface area contributed by atoms with Crippen LogP contribution in [0.15, 0.2) is 44.8 Å². The fourth-order valence-electron chi connectivity index (χ4n) is 3.50. The Labute approximate surface area is 168 Å². The Hall–Kier alpha value is -2.48. The lowest BCUT2D eigenvalue weighted by Gasteiger charge is -2.34. The third kappa shape index (κ3) is 4.32. The van der Waals surface area contributed by atoms with Crippen molar-refractivity contribution in [2.45, 2.75) is 24.3 Å². The molecular weight excluding hydrogens is 376 g/mol. The van der Waals surface area contributed by atoms with E-state index in [1.165, 1.54) is 22.6 Å². The number of carbonyl (C=O) groups excluding carboxylic acids is 1. The third-order valence-corrected chi connectivity index (χ3v) is 5.99. The van der Waals surface area contributed by atoms with Crippen molar-refractivity contribution in [3.8, 4) is 0 Å². The zero-order valence-corrected chi connectivity index (χ0v) is 17.3. The van der Waals surface area contributed by atoms with E-state index in [1.807, 2.05) is 35.4 Å². The van der Waals surface area contributed by atoms with Gasteiger partial charge in [0, 0.05) is 44.7 Å². The van der Waals surface area contributed by atoms with Gasteiger partial charge in [-0.05, 0) is 36.8 Å². The van der Waals surface area contributed by atoms with E-state index >= 15 is 0 Å². The lowest BCUT2D eigenvalue weighted by Crippen LogP contribution is -2.46. The first-order valence-electron chi connectivity index (χ1n) is 9.33. The van der Waals surface area contributed by atoms with Gasteiger partial charge in [-0.2, -0.15) is 0 Å². The molecule has 1 atom stereocenters. The summed E-state index contributed by atoms with van der Waals surface area (Å²) in [6.07, 6.45) is 3.67. The maximum absolute atomic E-state index is 12.7. The summed E-state index contributed by atoms with van der Waals surface area (Å²) in [7, 11) is 3.12. The second-order valence-corrected chi connectivity index (χ2v) is 7.97. The van der Waals surface area contributed by atoms with E-state index in [0.29, 0.717) is 18.9 Å². The van der Waals surface area contributed by atoms with Crippen molar-refractivity contribution in [2.75, 3.05) is 24.2 Å². The third-order valence-electron chi connectivity index (χ3n) is 5.24. The quantitative estimate of drug-likeness (QED) is 0.764. The second-order valence-electron chi connectivity index (χ2n) is 7.09. The van der Waals surface area contributed by atoms with Gasteiger partial charge in [-0.1, -0.05) is 12.1 Å². The molecule has 28 heavy (non-hydrogen) atoms. The highest BCUT2D eigenvalue weighted by molar-refractivity contribution is 7.98. The minimum absolute atomic E-state index is 0.00692. The Kier molecular flexibility index (Phi) is 6.28. The van der Waals surface area contributed by atoms with Crippen LogP contribution in [-0.4, -0.2) is 34.4 Å². The zero-order valence-electron chi connectivity index (χ0n) is 16.5. The van der Waals surface area contributed by atoms with Gasteiger partial charge in [0.25, 0.3) is 5.56 Å². The van der Waals surface area contributed by atoms with Gasteiger partial charge < -0.3 is 10.2 Å². The maximum Gasteiger partial charge on any atom is 0.332 e. The number of amides is 1. The van der Waals surface area contributed by atoms with Crippen LogP contribution in [0.1, 0.15) is 18.4 Å². The van der Waals surface area contributed by atoms with Crippen LogP contribution in [-0.2, 0) is 25.4 Å². The van der Waals surface area contributed by atoms with Gasteiger partial charge in [0.2, 0.25) is 5.91 Å². The van der Waals surface area contributed by atoms with Crippen LogP contribution in [0.3, 0.4) is 0 Å². The largest absolute Gasteiger partial charge is 0.357 e. The monoisotopic (exact) mass is 402 g/mol. The number of piperidine rings is 1. The smallest absolute Gasteiger partial charge is 0.332 e. The molecule has 3 rings (SSSR count). The molecule has 0 bridgehead atoms. The number of thioether (sulfide) groups is 1. The van der Waals surface area contributed by atoms with Crippen molar-refractivity contribution in [3.05, 3.63) is 56.7 Å². The van der Waals surface area contributed by atoms with Crippen molar-refractivity contribution in [1.29, 1.82) is 0 Å². The molecule has 2 aromatic rings. The lowest BCUT2D eigenvalue weighted by molar-refractivity contribution is -0.125. The Morgan fingerprint density at radius 1 is 1.18 bits per heavy atom. The molecule has 150 valence electrons. The molecule has 0 saturated carbocycles. The SMILES string of the molecule is CSc1ccc(CNC(=O)[C@H]2CCCN(c3cc(=O)n(C)c(=O)n3C)C2)cc1. The van der Waals surface area contributed by atoms with Gasteiger partial charge in [0.1, 0.15) is 5.82 Å². The summed E-state index contributed by atoms with van der Waals surface area (Å²) in [6.45, 7) is 1.71. The summed E-state index contributed by atoms with van der Waals surface area (Å²) >= 11 is 1.69. The van der Waals surface area contributed by atoms with Crippen LogP contribution in [0.4, 0.5) is 5.82 Å². The van der Waals surface area contributed by atoms with E-state index in [-0.39, 0.29) is 23.1 Å². The molecule has 1 aromatic carbocycles. The van der Waals surface area contributed by atoms with Crippen LogP contribution in [0, 0.1) is 5.92 Å². The highest BCUT2D eigenvalue weighted by Gasteiger charge is 2.27. The van der Waals surface area contributed by atoms with Gasteiger partial charge in [-0.15, -0.1) is 11.8 Å². The Bertz CT molecular complexity index is 965. The summed E-state index contributed by atoms with van der Waals surface area (Å²) < 4.78 is 2.55. The first kappa shape index (κ1) is 20.3. The van der Waals surface area contributed by atoms with Gasteiger partial charge >= 0.3 is 5.69 Å². The summed E-state index contributed by atoms with van der Waals surface area (Å²) in [5.74, 6) is 0.407. The highest BCUT2D eigenvalue weighted by atomic mass is 32.2. The molecule has 1 aromatic heterocycles. The first-order chi connectivity index (χ1) is 13.4. The number of anilines is 1. The Balaban J connectivity index is 1.66. The van der Waals surface area contributed by atoms with Gasteiger partial charge in [0.05, 0.1) is 5.92 Å². The molecule has 2 heterocycles. The summed E-state index contributed by atoms with van der Waals surface area (Å²) in [4.78, 5) is 40.0. The van der Waals surface area contributed by atoms with Gasteiger partial charge in [0.15, 0.2) is 0 Å². The number of hydrogen-bond acceptors (Lipinski definition) is 5. The van der Waals surface area contributed by atoms with E-state index in [0.717, 1.165) is 29.5 Å². The Morgan fingerprint density at radius 3 is 2.57 bits per heavy atom. The summed E-state index contributed by atoms with van der Waals surface area (Å²) in [5.41, 5.74) is 0.369. The van der Waals surface area contributed by atoms with Crippen molar-refractivity contribution in [3.63, 3.8) is 0 Å². The van der Waals surface area contributed by atoms with E-state index in [4.69, 9.17) is 0 Å². The minimum atomic E-state index is -0.359. The number of aromatic nitrogens is 2. The molecule has 0 aliphatic carbocycles. The number of nitrogens with one attached hydrogen (secondary N) is 1. The Morgan fingerprint density at radius 2 is 1.89 bits per heavy atom. The first-order valence-corrected chi connectivity index (χ1v) is 10.6. The van der Waals surface area contributed by atoms with E-state index in [2.05, 4.69) is 5.32 Å². The predicted molar refractivity (Wildman–Crippen MR) is 112 cm³/mol. The zero-order chi connectivity index (χ0) is 20.3. The molecule has 1 N–H and O–H groups in total. The lowest BCUT2D eigenvalue weighted by atomic mass is 9.97. The number of nitrogens with zero attached hydrogens (tertiary/aromatic N) is 3. The molecule has 8 heteroatoms. The van der Waals surface area contributed by atoms with Crippen molar-refractivity contribution >= 4 is 23.5 Å². The fourth-order valence-corrected chi connectivity index (χ4v) is 3.91. The molecule has 1 fully saturated rings. The predicted octanol–water partition coefficient (Wildman–Crippen LogP) is 1.34. The molecule has 0 unspecified atom stereocenters. The van der Waals surface area contributed by atoms with Crippen LogP contribution in [0.2, 0.25) is 0 Å². The maximum atomic E-state index is 12.7. The van der Waals surface area contributed by atoms with E-state index < -0.39 is 0 Å². The summed E-state index contributed by atoms with van der Waals surface area (Å²) in [5, 5.41) is 3.02. The van der Waals surface area contributed by atoms with Crippen LogP contribution in [0.5, 0.6) is 0 Å². The molecule has 0 spiro atoms. The number of carbonyl (C=O) groups is 1. The topological polar surface area (TPSA) is 76.3 Å². The van der Waals surface area contributed by atoms with Crippen LogP contribution < -0.4 is 21.5 Å². The van der Waals surface area contributed by atoms with Gasteiger partial charge in [-0.3, -0.25) is 18.7 Å². The molecule has 0 radical (unpaired) electrons. The molecule has 1 aliphatic rings. The summed E-state index contributed by atoms with van der Waals surface area (Å²) in [6, 6.07) is 9.61. The molecular formula is C20H26N4O3S. The van der Waals surface area contributed by atoms with E-state index in [1.54, 1.807) is 18.8 Å². The second kappa shape index (κ2) is 8.68. The molecule has 1 amide bonds. The number of benzene rings is 1. The average molecular weight is 403 g/mol. The standard InChI is InChI=1S/C20H26N4O3S/c1-22-17(11-18(25)23(2)20(22)27)24-10-4-5-15(13-24)19(26)21-12-14-6-8-16(28-3)9-7-14/h6-9,11,15H,4-5,10,12-13H2,1-3H3,(H,21,26)/t15-/m0/s1. The fraction of sp³-hybridized carbons (Fsp3) is 0.450. The number of rotatable bonds is 5.